The van der Waals surface area contributed by atoms with E-state index in [1.807, 2.05) is 0 Å². The van der Waals surface area contributed by atoms with Crippen LogP contribution in [0, 0.1) is 10.1 Å². The topological polar surface area (TPSA) is 120 Å². The molecule has 0 unspecified atom stereocenters. The van der Waals surface area contributed by atoms with Crippen LogP contribution in [0.4, 0.5) is 11.4 Å². The van der Waals surface area contributed by atoms with Crippen LogP contribution in [-0.2, 0) is 20.9 Å². The molecule has 9 heteroatoms. The molecule has 0 saturated carbocycles. The lowest BCUT2D eigenvalue weighted by atomic mass is 10.2. The maximum atomic E-state index is 12.2. The van der Waals surface area contributed by atoms with Gasteiger partial charge in [0.05, 0.1) is 4.92 Å². The van der Waals surface area contributed by atoms with Gasteiger partial charge in [-0.1, -0.05) is 12.1 Å². The summed E-state index contributed by atoms with van der Waals surface area (Å²) in [4.78, 5) is 37.9. The largest absolute Gasteiger partial charge is 0.489 e. The van der Waals surface area contributed by atoms with E-state index in [0.717, 1.165) is 11.1 Å². The number of cyclic esters (lactones) is 1. The summed E-state index contributed by atoms with van der Waals surface area (Å²) in [5.41, 5.74) is 2.98. The Kier molecular flexibility index (Phi) is 6.45. The second-order valence-electron chi connectivity index (χ2n) is 7.38. The number of benzene rings is 3. The van der Waals surface area contributed by atoms with Crippen molar-refractivity contribution in [3.05, 3.63) is 105 Å². The number of hydrogen-bond donors (Lipinski definition) is 1. The number of esters is 1. The number of nitrogens with zero attached hydrogens (tertiary/aromatic N) is 2. The second-order valence-corrected chi connectivity index (χ2v) is 7.38. The van der Waals surface area contributed by atoms with Crippen molar-refractivity contribution in [1.82, 2.24) is 0 Å². The molecule has 170 valence electrons. The predicted octanol–water partition coefficient (Wildman–Crippen LogP) is 4.48. The quantitative estimate of drug-likeness (QED) is 0.242. The van der Waals surface area contributed by atoms with Crippen molar-refractivity contribution in [2.75, 3.05) is 5.32 Å². The Morgan fingerprint density at radius 3 is 2.35 bits per heavy atom. The standard InChI is InChI=1S/C25H19N3O6/c1-16(29)26-20-8-6-19(7-9-20)24-27-23(25(30)34-24)14-17-4-12-22(13-5-17)33-15-18-2-10-21(11-3-18)28(31)32/h2-14H,15H2,1H3,(H,26,29)/b23-14-. The Labute approximate surface area is 194 Å². The van der Waals surface area contributed by atoms with E-state index >= 15 is 0 Å². The molecule has 3 aromatic rings. The van der Waals surface area contributed by atoms with Crippen LogP contribution in [0.5, 0.6) is 5.75 Å². The van der Waals surface area contributed by atoms with Crippen LogP contribution in [0.3, 0.4) is 0 Å². The summed E-state index contributed by atoms with van der Waals surface area (Å²) >= 11 is 0. The highest BCUT2D eigenvalue weighted by Crippen LogP contribution is 2.22. The van der Waals surface area contributed by atoms with E-state index in [9.17, 15) is 19.7 Å². The number of nitro groups is 1. The van der Waals surface area contributed by atoms with Gasteiger partial charge in [0.15, 0.2) is 5.70 Å². The number of carbonyl (C=O) groups excluding carboxylic acids is 2. The van der Waals surface area contributed by atoms with E-state index in [-0.39, 0.29) is 29.8 Å². The van der Waals surface area contributed by atoms with Crippen molar-refractivity contribution in [3.8, 4) is 5.75 Å². The van der Waals surface area contributed by atoms with Gasteiger partial charge in [-0.2, -0.15) is 0 Å². The molecule has 34 heavy (non-hydrogen) atoms. The highest BCUT2D eigenvalue weighted by Gasteiger charge is 2.24. The lowest BCUT2D eigenvalue weighted by Crippen LogP contribution is -2.07. The van der Waals surface area contributed by atoms with Gasteiger partial charge in [0, 0.05) is 30.3 Å². The zero-order chi connectivity index (χ0) is 24.1. The first kappa shape index (κ1) is 22.4. The van der Waals surface area contributed by atoms with Gasteiger partial charge in [-0.15, -0.1) is 0 Å². The summed E-state index contributed by atoms with van der Waals surface area (Å²) in [5, 5.41) is 13.4. The first-order chi connectivity index (χ1) is 16.4. The van der Waals surface area contributed by atoms with Gasteiger partial charge in [-0.3, -0.25) is 14.9 Å². The molecule has 1 aliphatic rings. The summed E-state index contributed by atoms with van der Waals surface area (Å²) in [6.07, 6.45) is 1.61. The summed E-state index contributed by atoms with van der Waals surface area (Å²) in [6.45, 7) is 1.69. The number of rotatable bonds is 7. The van der Waals surface area contributed by atoms with Gasteiger partial charge in [-0.25, -0.2) is 9.79 Å². The smallest absolute Gasteiger partial charge is 0.363 e. The van der Waals surface area contributed by atoms with Gasteiger partial charge in [0.25, 0.3) is 5.69 Å². The minimum Gasteiger partial charge on any atom is -0.489 e. The van der Waals surface area contributed by atoms with E-state index in [0.29, 0.717) is 17.0 Å². The number of aliphatic imine (C=N–C) groups is 1. The van der Waals surface area contributed by atoms with Crippen molar-refractivity contribution >= 4 is 35.2 Å². The molecule has 0 spiro atoms. The van der Waals surface area contributed by atoms with Crippen LogP contribution in [0.1, 0.15) is 23.6 Å². The van der Waals surface area contributed by atoms with Crippen molar-refractivity contribution in [3.63, 3.8) is 0 Å². The van der Waals surface area contributed by atoms with Crippen molar-refractivity contribution < 1.29 is 24.0 Å². The minimum atomic E-state index is -0.556. The Bertz CT molecular complexity index is 1290. The lowest BCUT2D eigenvalue weighted by Gasteiger charge is -2.06. The monoisotopic (exact) mass is 457 g/mol. The second kappa shape index (κ2) is 9.78. The van der Waals surface area contributed by atoms with Crippen molar-refractivity contribution in [2.24, 2.45) is 4.99 Å². The van der Waals surface area contributed by atoms with Crippen LogP contribution in [0.15, 0.2) is 83.5 Å². The van der Waals surface area contributed by atoms with Crippen LogP contribution in [0.2, 0.25) is 0 Å². The number of nitro benzene ring substituents is 1. The molecule has 0 bridgehead atoms. The number of ether oxygens (including phenoxy) is 2. The average molecular weight is 457 g/mol. The first-order valence-corrected chi connectivity index (χ1v) is 10.2. The summed E-state index contributed by atoms with van der Waals surface area (Å²) in [7, 11) is 0. The van der Waals surface area contributed by atoms with Crippen LogP contribution < -0.4 is 10.1 Å². The number of carbonyl (C=O) groups is 2. The third-order valence-electron chi connectivity index (χ3n) is 4.81. The Hall–Kier alpha value is -4.79. The predicted molar refractivity (Wildman–Crippen MR) is 125 cm³/mol. The van der Waals surface area contributed by atoms with Gasteiger partial charge >= 0.3 is 5.97 Å². The molecule has 1 N–H and O–H groups in total. The fraction of sp³-hybridized carbons (Fsp3) is 0.0800. The molecule has 9 nitrogen and oxygen atoms in total. The molecule has 0 aliphatic carbocycles. The number of nitrogens with one attached hydrogen (secondary N) is 1. The van der Waals surface area contributed by atoms with Gasteiger partial charge in [0.1, 0.15) is 12.4 Å². The van der Waals surface area contributed by atoms with E-state index in [4.69, 9.17) is 9.47 Å². The van der Waals surface area contributed by atoms with E-state index < -0.39 is 10.9 Å². The number of hydrogen-bond acceptors (Lipinski definition) is 7. The Balaban J connectivity index is 1.40. The molecule has 0 aromatic heterocycles. The van der Waals surface area contributed by atoms with Crippen molar-refractivity contribution in [2.45, 2.75) is 13.5 Å². The maximum absolute atomic E-state index is 12.2. The highest BCUT2D eigenvalue weighted by atomic mass is 16.6. The molecule has 1 heterocycles. The van der Waals surface area contributed by atoms with Crippen molar-refractivity contribution in [1.29, 1.82) is 0 Å². The lowest BCUT2D eigenvalue weighted by molar-refractivity contribution is -0.384. The number of amides is 1. The first-order valence-electron chi connectivity index (χ1n) is 10.2. The van der Waals surface area contributed by atoms with E-state index in [2.05, 4.69) is 10.3 Å². The molecule has 1 amide bonds. The molecule has 3 aromatic carbocycles. The SMILES string of the molecule is CC(=O)Nc1ccc(C2=N/C(=C\c3ccc(OCc4ccc([N+](=O)[O-])cc4)cc3)C(=O)O2)cc1. The highest BCUT2D eigenvalue weighted by molar-refractivity contribution is 6.13. The zero-order valence-electron chi connectivity index (χ0n) is 18.1. The van der Waals surface area contributed by atoms with Crippen LogP contribution >= 0.6 is 0 Å². The molecule has 0 saturated heterocycles. The summed E-state index contributed by atoms with van der Waals surface area (Å²) < 4.78 is 11.0. The molecule has 4 rings (SSSR count). The number of non-ortho nitro benzene ring substituents is 1. The summed E-state index contributed by atoms with van der Waals surface area (Å²) in [5.74, 6) is 0.0661. The third kappa shape index (κ3) is 5.52. The van der Waals surface area contributed by atoms with E-state index in [1.165, 1.54) is 19.1 Å². The summed E-state index contributed by atoms with van der Waals surface area (Å²) in [6, 6.07) is 20.0. The van der Waals surface area contributed by atoms with Crippen LogP contribution in [-0.4, -0.2) is 22.7 Å². The molecular weight excluding hydrogens is 438 g/mol. The van der Waals surface area contributed by atoms with Gasteiger partial charge in [0.2, 0.25) is 11.8 Å². The molecule has 1 aliphatic heterocycles. The van der Waals surface area contributed by atoms with Crippen LogP contribution in [0.25, 0.3) is 6.08 Å². The molecule has 0 radical (unpaired) electrons. The normalized spacial score (nSPS) is 13.9. The maximum Gasteiger partial charge on any atom is 0.363 e. The van der Waals surface area contributed by atoms with Gasteiger partial charge < -0.3 is 14.8 Å². The fourth-order valence-corrected chi connectivity index (χ4v) is 3.13. The van der Waals surface area contributed by atoms with E-state index in [1.54, 1.807) is 66.7 Å². The van der Waals surface area contributed by atoms with Gasteiger partial charge in [-0.05, 0) is 65.7 Å². The third-order valence-corrected chi connectivity index (χ3v) is 4.81. The minimum absolute atomic E-state index is 0.0272. The fourth-order valence-electron chi connectivity index (χ4n) is 3.13. The Morgan fingerprint density at radius 2 is 1.74 bits per heavy atom. The molecule has 0 fully saturated rings. The zero-order valence-corrected chi connectivity index (χ0v) is 18.1. The molecule has 0 atom stereocenters. The molecular formula is C25H19N3O6. The average Bonchev–Trinajstić information content (AvgIpc) is 3.19. The number of anilines is 1. The Morgan fingerprint density at radius 1 is 1.06 bits per heavy atom.